The maximum absolute atomic E-state index is 13.5. The molecule has 3 rings (SSSR count). The van der Waals surface area contributed by atoms with Gasteiger partial charge in [-0.1, -0.05) is 36.4 Å². The number of carbonyl (C=O) groups excluding carboxylic acids is 2. The van der Waals surface area contributed by atoms with Gasteiger partial charge in [0.2, 0.25) is 0 Å². The van der Waals surface area contributed by atoms with E-state index in [4.69, 9.17) is 4.74 Å². The molecule has 0 radical (unpaired) electrons. The highest BCUT2D eigenvalue weighted by Crippen LogP contribution is 2.20. The zero-order chi connectivity index (χ0) is 18.7. The normalized spacial score (nSPS) is 10.6. The van der Waals surface area contributed by atoms with Crippen LogP contribution in [0.1, 0.15) is 10.4 Å². The standard InChI is InChI=1S/C19H12F3NO3/c20-14-8-9-15(18(22)17(14)21)23-16(24)10-26-19(25)13-7-3-5-11-4-1-2-6-12(11)13/h1-9H,10H2,(H,23,24). The second-order valence-electron chi connectivity index (χ2n) is 5.37. The third-order valence-corrected chi connectivity index (χ3v) is 3.65. The summed E-state index contributed by atoms with van der Waals surface area (Å²) in [6, 6.07) is 13.7. The molecule has 1 N–H and O–H groups in total. The molecule has 0 spiro atoms. The Morgan fingerprint density at radius 2 is 1.62 bits per heavy atom. The first kappa shape index (κ1) is 17.5. The first-order valence-corrected chi connectivity index (χ1v) is 7.55. The summed E-state index contributed by atoms with van der Waals surface area (Å²) in [4.78, 5) is 24.0. The molecule has 0 aromatic heterocycles. The molecule has 0 unspecified atom stereocenters. The van der Waals surface area contributed by atoms with E-state index in [-0.39, 0.29) is 5.56 Å². The number of hydrogen-bond donors (Lipinski definition) is 1. The number of anilines is 1. The Kier molecular flexibility index (Phi) is 4.88. The first-order valence-electron chi connectivity index (χ1n) is 7.55. The Morgan fingerprint density at radius 1 is 0.885 bits per heavy atom. The van der Waals surface area contributed by atoms with Crippen molar-refractivity contribution in [3.63, 3.8) is 0 Å². The number of halogens is 3. The van der Waals surface area contributed by atoms with Crippen LogP contribution >= 0.6 is 0 Å². The van der Waals surface area contributed by atoms with Gasteiger partial charge in [0.15, 0.2) is 24.1 Å². The van der Waals surface area contributed by atoms with Gasteiger partial charge in [-0.2, -0.15) is 0 Å². The van der Waals surface area contributed by atoms with E-state index in [0.29, 0.717) is 11.5 Å². The fourth-order valence-corrected chi connectivity index (χ4v) is 2.42. The molecule has 0 bridgehead atoms. The Morgan fingerprint density at radius 3 is 2.42 bits per heavy atom. The number of esters is 1. The van der Waals surface area contributed by atoms with Crippen LogP contribution in [0.25, 0.3) is 10.8 Å². The van der Waals surface area contributed by atoms with Crippen molar-refractivity contribution in [2.45, 2.75) is 0 Å². The summed E-state index contributed by atoms with van der Waals surface area (Å²) in [6.45, 7) is -0.708. The average Bonchev–Trinajstić information content (AvgIpc) is 2.66. The molecule has 132 valence electrons. The zero-order valence-corrected chi connectivity index (χ0v) is 13.3. The van der Waals surface area contributed by atoms with Crippen molar-refractivity contribution in [1.29, 1.82) is 0 Å². The quantitative estimate of drug-likeness (QED) is 0.565. The van der Waals surface area contributed by atoms with Crippen LogP contribution in [-0.2, 0) is 9.53 Å². The van der Waals surface area contributed by atoms with Gasteiger partial charge >= 0.3 is 5.97 Å². The topological polar surface area (TPSA) is 55.4 Å². The molecular formula is C19H12F3NO3. The van der Waals surface area contributed by atoms with Crippen LogP contribution in [0.3, 0.4) is 0 Å². The van der Waals surface area contributed by atoms with Crippen molar-refractivity contribution in [3.8, 4) is 0 Å². The van der Waals surface area contributed by atoms with Crippen molar-refractivity contribution < 1.29 is 27.5 Å². The molecule has 0 heterocycles. The van der Waals surface area contributed by atoms with Crippen molar-refractivity contribution in [3.05, 3.63) is 77.6 Å². The molecule has 0 aliphatic carbocycles. The van der Waals surface area contributed by atoms with Gasteiger partial charge in [0.1, 0.15) is 0 Å². The van der Waals surface area contributed by atoms with Crippen LogP contribution in [0, 0.1) is 17.5 Å². The Hall–Kier alpha value is -3.35. The number of fused-ring (bicyclic) bond motifs is 1. The fraction of sp³-hybridized carbons (Fsp3) is 0.0526. The fourth-order valence-electron chi connectivity index (χ4n) is 2.42. The molecule has 0 atom stereocenters. The monoisotopic (exact) mass is 359 g/mol. The lowest BCUT2D eigenvalue weighted by Crippen LogP contribution is -2.22. The van der Waals surface area contributed by atoms with Gasteiger partial charge in [-0.05, 0) is 29.0 Å². The van der Waals surface area contributed by atoms with E-state index in [1.807, 2.05) is 23.5 Å². The van der Waals surface area contributed by atoms with E-state index in [2.05, 4.69) is 0 Å². The smallest absolute Gasteiger partial charge is 0.339 e. The Bertz CT molecular complexity index is 999. The van der Waals surface area contributed by atoms with Crippen LogP contribution < -0.4 is 5.32 Å². The first-order chi connectivity index (χ1) is 12.5. The minimum atomic E-state index is -1.70. The molecule has 0 saturated heterocycles. The van der Waals surface area contributed by atoms with Crippen LogP contribution in [-0.4, -0.2) is 18.5 Å². The van der Waals surface area contributed by atoms with E-state index < -0.39 is 41.6 Å². The Balaban J connectivity index is 1.68. The number of ether oxygens (including phenoxy) is 1. The third-order valence-electron chi connectivity index (χ3n) is 3.65. The number of benzene rings is 3. The summed E-state index contributed by atoms with van der Waals surface area (Å²) in [5.74, 6) is -6.22. The second-order valence-corrected chi connectivity index (χ2v) is 5.37. The summed E-state index contributed by atoms with van der Waals surface area (Å²) in [7, 11) is 0. The summed E-state index contributed by atoms with van der Waals surface area (Å²) in [6.07, 6.45) is 0. The van der Waals surface area contributed by atoms with Gasteiger partial charge in [0, 0.05) is 0 Å². The summed E-state index contributed by atoms with van der Waals surface area (Å²) >= 11 is 0. The number of rotatable bonds is 4. The number of hydrogen-bond acceptors (Lipinski definition) is 3. The van der Waals surface area contributed by atoms with E-state index in [9.17, 15) is 22.8 Å². The highest BCUT2D eigenvalue weighted by Gasteiger charge is 2.17. The van der Waals surface area contributed by atoms with Crippen molar-refractivity contribution in [1.82, 2.24) is 0 Å². The summed E-state index contributed by atoms with van der Waals surface area (Å²) in [5, 5.41) is 3.51. The molecule has 7 heteroatoms. The van der Waals surface area contributed by atoms with Crippen molar-refractivity contribution >= 4 is 28.3 Å². The van der Waals surface area contributed by atoms with Gasteiger partial charge in [0.05, 0.1) is 11.3 Å². The number of nitrogens with one attached hydrogen (secondary N) is 1. The molecule has 3 aromatic carbocycles. The predicted molar refractivity (Wildman–Crippen MR) is 89.2 cm³/mol. The summed E-state index contributed by atoms with van der Waals surface area (Å²) < 4.78 is 44.5. The van der Waals surface area contributed by atoms with Gasteiger partial charge < -0.3 is 10.1 Å². The third kappa shape index (κ3) is 3.51. The summed E-state index contributed by atoms with van der Waals surface area (Å²) in [5.41, 5.74) is -0.273. The van der Waals surface area contributed by atoms with Gasteiger partial charge in [0.25, 0.3) is 5.91 Å². The zero-order valence-electron chi connectivity index (χ0n) is 13.3. The molecule has 0 aliphatic heterocycles. The van der Waals surface area contributed by atoms with Crippen molar-refractivity contribution in [2.24, 2.45) is 0 Å². The van der Waals surface area contributed by atoms with E-state index in [1.165, 1.54) is 0 Å². The maximum Gasteiger partial charge on any atom is 0.339 e. The highest BCUT2D eigenvalue weighted by atomic mass is 19.2. The van der Waals surface area contributed by atoms with E-state index in [1.54, 1.807) is 24.3 Å². The lowest BCUT2D eigenvalue weighted by Gasteiger charge is -2.09. The molecule has 3 aromatic rings. The van der Waals surface area contributed by atoms with Crippen molar-refractivity contribution in [2.75, 3.05) is 11.9 Å². The van der Waals surface area contributed by atoms with E-state index in [0.717, 1.165) is 11.5 Å². The largest absolute Gasteiger partial charge is 0.452 e. The van der Waals surface area contributed by atoms with E-state index >= 15 is 0 Å². The second kappa shape index (κ2) is 7.26. The van der Waals surface area contributed by atoms with Gasteiger partial charge in [-0.25, -0.2) is 18.0 Å². The molecule has 0 fully saturated rings. The molecule has 1 amide bonds. The minimum absolute atomic E-state index is 0.273. The van der Waals surface area contributed by atoms with Crippen LogP contribution in [0.5, 0.6) is 0 Å². The molecule has 26 heavy (non-hydrogen) atoms. The molecule has 0 saturated carbocycles. The maximum atomic E-state index is 13.5. The van der Waals surface area contributed by atoms with Crippen LogP contribution in [0.15, 0.2) is 54.6 Å². The van der Waals surface area contributed by atoms with Gasteiger partial charge in [-0.15, -0.1) is 0 Å². The van der Waals surface area contributed by atoms with Gasteiger partial charge in [-0.3, -0.25) is 4.79 Å². The number of carbonyl (C=O) groups is 2. The average molecular weight is 359 g/mol. The lowest BCUT2D eigenvalue weighted by molar-refractivity contribution is -0.119. The highest BCUT2D eigenvalue weighted by molar-refractivity contribution is 6.05. The lowest BCUT2D eigenvalue weighted by atomic mass is 10.1. The number of amides is 1. The SMILES string of the molecule is O=C(COC(=O)c1cccc2ccccc12)Nc1ccc(F)c(F)c1F. The molecule has 4 nitrogen and oxygen atoms in total. The predicted octanol–water partition coefficient (Wildman–Crippen LogP) is 4.05. The van der Waals surface area contributed by atoms with Crippen LogP contribution in [0.4, 0.5) is 18.9 Å². The Labute approximate surface area is 146 Å². The minimum Gasteiger partial charge on any atom is -0.452 e. The molecule has 0 aliphatic rings. The van der Waals surface area contributed by atoms with Crippen LogP contribution in [0.2, 0.25) is 0 Å². The molecular weight excluding hydrogens is 347 g/mol.